The number of hydrogen-bond donors (Lipinski definition) is 1. The second-order valence-corrected chi connectivity index (χ2v) is 7.41. The number of nitrogens with zero attached hydrogens (tertiary/aromatic N) is 2. The minimum absolute atomic E-state index is 0.0350. The van der Waals surface area contributed by atoms with Gasteiger partial charge in [-0.3, -0.25) is 19.4 Å². The van der Waals surface area contributed by atoms with E-state index in [2.05, 4.69) is 12.2 Å². The summed E-state index contributed by atoms with van der Waals surface area (Å²) in [6, 6.07) is 6.41. The average molecular weight is 373 g/mol. The Kier molecular flexibility index (Phi) is 7.39. The predicted molar refractivity (Wildman–Crippen MR) is 107 cm³/mol. The van der Waals surface area contributed by atoms with Gasteiger partial charge in [-0.25, -0.2) is 4.79 Å². The lowest BCUT2D eigenvalue weighted by molar-refractivity contribution is -0.132. The van der Waals surface area contributed by atoms with Gasteiger partial charge in [0.2, 0.25) is 5.91 Å². The Morgan fingerprint density at radius 1 is 1.15 bits per heavy atom. The highest BCUT2D eigenvalue weighted by Gasteiger charge is 2.44. The first-order valence-corrected chi connectivity index (χ1v) is 9.85. The maximum absolute atomic E-state index is 12.7. The number of urea groups is 1. The summed E-state index contributed by atoms with van der Waals surface area (Å²) in [4.78, 5) is 40.0. The summed E-state index contributed by atoms with van der Waals surface area (Å²) in [5.74, 6) is -0.635. The van der Waals surface area contributed by atoms with Gasteiger partial charge < -0.3 is 5.32 Å². The molecule has 1 N–H and O–H groups in total. The zero-order chi connectivity index (χ0) is 20.0. The molecule has 0 unspecified atom stereocenters. The van der Waals surface area contributed by atoms with E-state index in [0.717, 1.165) is 29.7 Å². The van der Waals surface area contributed by atoms with E-state index < -0.39 is 12.1 Å². The second-order valence-electron chi connectivity index (χ2n) is 7.41. The number of imide groups is 1. The summed E-state index contributed by atoms with van der Waals surface area (Å²) < 4.78 is 0. The van der Waals surface area contributed by atoms with Crippen molar-refractivity contribution in [2.24, 2.45) is 0 Å². The summed E-state index contributed by atoms with van der Waals surface area (Å²) in [5.41, 5.74) is 1.74. The maximum Gasteiger partial charge on any atom is 0.332 e. The van der Waals surface area contributed by atoms with Crippen molar-refractivity contribution in [3.8, 4) is 0 Å². The molecule has 2 atom stereocenters. The molecule has 0 spiro atoms. The zero-order valence-corrected chi connectivity index (χ0v) is 16.8. The topological polar surface area (TPSA) is 69.7 Å². The number of amides is 4. The van der Waals surface area contributed by atoms with Crippen LogP contribution in [-0.4, -0.2) is 41.4 Å². The Morgan fingerprint density at radius 3 is 2.44 bits per heavy atom. The molecular formula is C21H31N3O3. The normalized spacial score (nSPS) is 18.1. The number of nitrogens with one attached hydrogen (secondary N) is 1. The molecule has 1 aliphatic rings. The van der Waals surface area contributed by atoms with Gasteiger partial charge in [0.25, 0.3) is 5.91 Å². The first kappa shape index (κ1) is 20.9. The number of aryl methyl sites for hydroxylation is 1. The van der Waals surface area contributed by atoms with Crippen LogP contribution in [-0.2, 0) is 9.59 Å². The predicted octanol–water partition coefficient (Wildman–Crippen LogP) is 3.63. The first-order valence-electron chi connectivity index (χ1n) is 9.85. The summed E-state index contributed by atoms with van der Waals surface area (Å²) in [7, 11) is 0. The van der Waals surface area contributed by atoms with Crippen LogP contribution in [0.2, 0.25) is 0 Å². The number of carbonyl (C=O) groups is 3. The van der Waals surface area contributed by atoms with E-state index in [4.69, 9.17) is 0 Å². The molecule has 2 rings (SSSR count). The van der Waals surface area contributed by atoms with E-state index >= 15 is 0 Å². The Hall–Kier alpha value is -2.37. The molecule has 0 saturated carbocycles. The molecule has 27 heavy (non-hydrogen) atoms. The van der Waals surface area contributed by atoms with E-state index in [-0.39, 0.29) is 24.4 Å². The monoisotopic (exact) mass is 373 g/mol. The summed E-state index contributed by atoms with van der Waals surface area (Å²) in [6.45, 7) is 7.54. The van der Waals surface area contributed by atoms with Gasteiger partial charge in [0.1, 0.15) is 12.6 Å². The Balaban J connectivity index is 1.94. The Morgan fingerprint density at radius 2 is 1.81 bits per heavy atom. The SMILES string of the molecule is CCCCCC[C@H](C)NC(=O)CN1C(=O)[C@@H](C)N(c2ccc(C)cc2)C1=O. The lowest BCUT2D eigenvalue weighted by atomic mass is 10.1. The van der Waals surface area contributed by atoms with Crippen LogP contribution in [0.5, 0.6) is 0 Å². The Labute approximate surface area is 161 Å². The van der Waals surface area contributed by atoms with Crippen molar-refractivity contribution >= 4 is 23.5 Å². The third kappa shape index (κ3) is 5.31. The van der Waals surface area contributed by atoms with Gasteiger partial charge >= 0.3 is 6.03 Å². The molecule has 0 bridgehead atoms. The molecule has 1 heterocycles. The van der Waals surface area contributed by atoms with Gasteiger partial charge in [-0.2, -0.15) is 0 Å². The average Bonchev–Trinajstić information content (AvgIpc) is 2.83. The van der Waals surface area contributed by atoms with Gasteiger partial charge in [0.05, 0.1) is 0 Å². The smallest absolute Gasteiger partial charge is 0.332 e. The third-order valence-electron chi connectivity index (χ3n) is 4.96. The molecule has 0 aliphatic carbocycles. The molecule has 6 nitrogen and oxygen atoms in total. The molecule has 4 amide bonds. The number of rotatable bonds is 9. The van der Waals surface area contributed by atoms with Crippen molar-refractivity contribution in [3.05, 3.63) is 29.8 Å². The molecule has 6 heteroatoms. The molecule has 0 aromatic heterocycles. The van der Waals surface area contributed by atoms with Crippen LogP contribution in [0, 0.1) is 6.92 Å². The quantitative estimate of drug-likeness (QED) is 0.531. The van der Waals surface area contributed by atoms with Crippen LogP contribution in [0.15, 0.2) is 24.3 Å². The van der Waals surface area contributed by atoms with Crippen LogP contribution in [0.1, 0.15) is 58.4 Å². The maximum atomic E-state index is 12.7. The highest BCUT2D eigenvalue weighted by atomic mass is 16.2. The number of carbonyl (C=O) groups excluding carboxylic acids is 3. The van der Waals surface area contributed by atoms with Gasteiger partial charge in [0.15, 0.2) is 0 Å². The number of unbranched alkanes of at least 4 members (excludes halogenated alkanes) is 3. The fraction of sp³-hybridized carbons (Fsp3) is 0.571. The summed E-state index contributed by atoms with van der Waals surface area (Å²) in [6.07, 6.45) is 5.50. The van der Waals surface area contributed by atoms with Crippen molar-refractivity contribution in [2.75, 3.05) is 11.4 Å². The van der Waals surface area contributed by atoms with Crippen molar-refractivity contribution in [3.63, 3.8) is 0 Å². The van der Waals surface area contributed by atoms with Crippen LogP contribution < -0.4 is 10.2 Å². The van der Waals surface area contributed by atoms with E-state index in [9.17, 15) is 14.4 Å². The van der Waals surface area contributed by atoms with E-state index in [1.54, 1.807) is 6.92 Å². The molecule has 148 valence electrons. The largest absolute Gasteiger partial charge is 0.352 e. The lowest BCUT2D eigenvalue weighted by Crippen LogP contribution is -2.44. The van der Waals surface area contributed by atoms with Crippen molar-refractivity contribution in [1.29, 1.82) is 0 Å². The summed E-state index contributed by atoms with van der Waals surface area (Å²) in [5, 5.41) is 2.90. The first-order chi connectivity index (χ1) is 12.8. The highest BCUT2D eigenvalue weighted by Crippen LogP contribution is 2.25. The van der Waals surface area contributed by atoms with Gasteiger partial charge in [-0.1, -0.05) is 50.3 Å². The van der Waals surface area contributed by atoms with E-state index in [0.29, 0.717) is 5.69 Å². The number of hydrogen-bond acceptors (Lipinski definition) is 3. The van der Waals surface area contributed by atoms with Crippen molar-refractivity contribution in [2.45, 2.75) is 71.9 Å². The van der Waals surface area contributed by atoms with E-state index in [1.165, 1.54) is 17.7 Å². The third-order valence-corrected chi connectivity index (χ3v) is 4.96. The highest BCUT2D eigenvalue weighted by molar-refractivity contribution is 6.15. The second kappa shape index (κ2) is 9.53. The number of benzene rings is 1. The van der Waals surface area contributed by atoms with Crippen LogP contribution in [0.4, 0.5) is 10.5 Å². The van der Waals surface area contributed by atoms with Gasteiger partial charge in [0, 0.05) is 11.7 Å². The molecular weight excluding hydrogens is 342 g/mol. The molecule has 1 aliphatic heterocycles. The minimum atomic E-state index is -0.612. The molecule has 1 fully saturated rings. The molecule has 1 aromatic rings. The minimum Gasteiger partial charge on any atom is -0.352 e. The fourth-order valence-corrected chi connectivity index (χ4v) is 3.32. The van der Waals surface area contributed by atoms with E-state index in [1.807, 2.05) is 38.1 Å². The van der Waals surface area contributed by atoms with Crippen molar-refractivity contribution < 1.29 is 14.4 Å². The lowest BCUT2D eigenvalue weighted by Gasteiger charge is -2.20. The molecule has 1 saturated heterocycles. The van der Waals surface area contributed by atoms with Gasteiger partial charge in [-0.15, -0.1) is 0 Å². The zero-order valence-electron chi connectivity index (χ0n) is 16.8. The molecule has 0 radical (unpaired) electrons. The standard InChI is InChI=1S/C21H31N3O3/c1-5-6-7-8-9-16(3)22-19(25)14-23-20(26)17(4)24(21(23)27)18-12-10-15(2)11-13-18/h10-13,16-17H,5-9,14H2,1-4H3,(H,22,25)/t16-,17+/m0/s1. The van der Waals surface area contributed by atoms with Crippen LogP contribution in [0.3, 0.4) is 0 Å². The fourth-order valence-electron chi connectivity index (χ4n) is 3.32. The van der Waals surface area contributed by atoms with Gasteiger partial charge in [-0.05, 0) is 39.3 Å². The number of anilines is 1. The van der Waals surface area contributed by atoms with Crippen LogP contribution >= 0.6 is 0 Å². The van der Waals surface area contributed by atoms with Crippen molar-refractivity contribution in [1.82, 2.24) is 10.2 Å². The molecule has 1 aromatic carbocycles. The Bertz CT molecular complexity index is 672. The summed E-state index contributed by atoms with van der Waals surface area (Å²) >= 11 is 0. The van der Waals surface area contributed by atoms with Crippen LogP contribution in [0.25, 0.3) is 0 Å².